The molecule has 2 heterocycles. The summed E-state index contributed by atoms with van der Waals surface area (Å²) >= 11 is 1.76. The second kappa shape index (κ2) is 6.88. The van der Waals surface area contributed by atoms with E-state index in [1.165, 1.54) is 0 Å². The van der Waals surface area contributed by atoms with Crippen LogP contribution in [0.4, 0.5) is 0 Å². The Hall–Kier alpha value is -2.34. The van der Waals surface area contributed by atoms with Crippen molar-refractivity contribution >= 4 is 17.7 Å². The summed E-state index contributed by atoms with van der Waals surface area (Å²) < 4.78 is 16.5. The highest BCUT2D eigenvalue weighted by Crippen LogP contribution is 2.42. The first-order valence-electron chi connectivity index (χ1n) is 8.22. The molecule has 2 aliphatic heterocycles. The SMILES string of the molecule is COc1cccc(C(=O)N2CCS[C@@H]2c2ccc3c(c2)OCCO3)c1. The van der Waals surface area contributed by atoms with Gasteiger partial charge < -0.3 is 19.1 Å². The monoisotopic (exact) mass is 357 g/mol. The third kappa shape index (κ3) is 3.14. The molecule has 1 atom stereocenters. The van der Waals surface area contributed by atoms with Crippen molar-refractivity contribution in [1.82, 2.24) is 4.90 Å². The summed E-state index contributed by atoms with van der Waals surface area (Å²) in [4.78, 5) is 14.9. The Bertz CT molecular complexity index is 795. The number of methoxy groups -OCH3 is 1. The van der Waals surface area contributed by atoms with E-state index in [0.29, 0.717) is 24.5 Å². The lowest BCUT2D eigenvalue weighted by Crippen LogP contribution is -2.30. The van der Waals surface area contributed by atoms with Crippen molar-refractivity contribution in [2.24, 2.45) is 0 Å². The predicted octanol–water partition coefficient (Wildman–Crippen LogP) is 3.35. The lowest BCUT2D eigenvalue weighted by molar-refractivity contribution is 0.0759. The zero-order valence-corrected chi connectivity index (χ0v) is 14.8. The van der Waals surface area contributed by atoms with E-state index in [4.69, 9.17) is 14.2 Å². The molecule has 1 saturated heterocycles. The van der Waals surface area contributed by atoms with Crippen LogP contribution in [0, 0.1) is 0 Å². The highest BCUT2D eigenvalue weighted by atomic mass is 32.2. The van der Waals surface area contributed by atoms with Crippen molar-refractivity contribution in [3.63, 3.8) is 0 Å². The fourth-order valence-corrected chi connectivity index (χ4v) is 4.34. The van der Waals surface area contributed by atoms with Gasteiger partial charge in [0.1, 0.15) is 24.3 Å². The van der Waals surface area contributed by atoms with Crippen molar-refractivity contribution < 1.29 is 19.0 Å². The number of hydrogen-bond acceptors (Lipinski definition) is 5. The van der Waals surface area contributed by atoms with Gasteiger partial charge in [-0.15, -0.1) is 11.8 Å². The maximum atomic E-state index is 13.0. The first-order valence-corrected chi connectivity index (χ1v) is 9.27. The van der Waals surface area contributed by atoms with E-state index in [1.807, 2.05) is 41.3 Å². The molecule has 1 fully saturated rings. The van der Waals surface area contributed by atoms with Crippen LogP contribution in [-0.4, -0.2) is 43.4 Å². The van der Waals surface area contributed by atoms with Gasteiger partial charge in [-0.1, -0.05) is 12.1 Å². The quantitative estimate of drug-likeness (QED) is 0.843. The van der Waals surface area contributed by atoms with Gasteiger partial charge in [0, 0.05) is 17.9 Å². The zero-order valence-electron chi connectivity index (χ0n) is 13.9. The number of fused-ring (bicyclic) bond motifs is 1. The second-order valence-corrected chi connectivity index (χ2v) is 7.04. The van der Waals surface area contributed by atoms with Gasteiger partial charge in [0.2, 0.25) is 0 Å². The summed E-state index contributed by atoms with van der Waals surface area (Å²) in [5.41, 5.74) is 1.70. The summed E-state index contributed by atoms with van der Waals surface area (Å²) in [6.07, 6.45) is 0. The number of amides is 1. The number of carbonyl (C=O) groups excluding carboxylic acids is 1. The predicted molar refractivity (Wildman–Crippen MR) is 96.7 cm³/mol. The Morgan fingerprint density at radius 3 is 2.84 bits per heavy atom. The molecule has 0 aliphatic carbocycles. The van der Waals surface area contributed by atoms with Gasteiger partial charge >= 0.3 is 0 Å². The molecule has 2 aliphatic rings. The van der Waals surface area contributed by atoms with Crippen LogP contribution in [0.25, 0.3) is 0 Å². The average Bonchev–Trinajstić information content (AvgIpc) is 3.17. The molecule has 4 rings (SSSR count). The molecule has 0 bridgehead atoms. The average molecular weight is 357 g/mol. The van der Waals surface area contributed by atoms with Crippen molar-refractivity contribution in [2.45, 2.75) is 5.37 Å². The summed E-state index contributed by atoms with van der Waals surface area (Å²) in [5.74, 6) is 3.14. The standard InChI is InChI=1S/C19H19NO4S/c1-22-15-4-2-3-13(11-15)18(21)20-7-10-25-19(20)14-5-6-16-17(12-14)24-9-8-23-16/h2-6,11-12,19H,7-10H2,1H3/t19-/m1/s1. The Kier molecular flexibility index (Phi) is 4.44. The van der Waals surface area contributed by atoms with Gasteiger partial charge in [0.25, 0.3) is 5.91 Å². The Labute approximate surface area is 150 Å². The highest BCUT2D eigenvalue weighted by molar-refractivity contribution is 7.99. The fraction of sp³-hybridized carbons (Fsp3) is 0.316. The Balaban J connectivity index is 1.60. The van der Waals surface area contributed by atoms with Crippen molar-refractivity contribution in [3.8, 4) is 17.2 Å². The Morgan fingerprint density at radius 1 is 1.16 bits per heavy atom. The van der Waals surface area contributed by atoms with Gasteiger partial charge in [-0.2, -0.15) is 0 Å². The van der Waals surface area contributed by atoms with Crippen LogP contribution >= 0.6 is 11.8 Å². The normalized spacial score (nSPS) is 18.9. The van der Waals surface area contributed by atoms with Gasteiger partial charge in [-0.05, 0) is 35.9 Å². The molecule has 2 aromatic rings. The van der Waals surface area contributed by atoms with E-state index in [0.717, 1.165) is 29.4 Å². The molecule has 130 valence electrons. The number of hydrogen-bond donors (Lipinski definition) is 0. The molecule has 0 aromatic heterocycles. The first kappa shape index (κ1) is 16.1. The van der Waals surface area contributed by atoms with Gasteiger partial charge in [0.15, 0.2) is 11.5 Å². The van der Waals surface area contributed by atoms with E-state index >= 15 is 0 Å². The maximum Gasteiger partial charge on any atom is 0.255 e. The topological polar surface area (TPSA) is 48.0 Å². The summed E-state index contributed by atoms with van der Waals surface area (Å²) in [5, 5.41) is -0.0190. The molecule has 2 aromatic carbocycles. The van der Waals surface area contributed by atoms with Crippen molar-refractivity contribution in [3.05, 3.63) is 53.6 Å². The molecular weight excluding hydrogens is 338 g/mol. The maximum absolute atomic E-state index is 13.0. The minimum absolute atomic E-state index is 0.0174. The van der Waals surface area contributed by atoms with E-state index in [1.54, 1.807) is 24.9 Å². The summed E-state index contributed by atoms with van der Waals surface area (Å²) in [6, 6.07) is 13.2. The molecule has 0 N–H and O–H groups in total. The molecule has 0 saturated carbocycles. The van der Waals surface area contributed by atoms with Crippen LogP contribution in [0.2, 0.25) is 0 Å². The van der Waals surface area contributed by atoms with Crippen molar-refractivity contribution in [2.75, 3.05) is 32.6 Å². The molecule has 25 heavy (non-hydrogen) atoms. The van der Waals surface area contributed by atoms with Gasteiger partial charge in [-0.3, -0.25) is 4.79 Å². The molecule has 0 radical (unpaired) electrons. The fourth-order valence-electron chi connectivity index (χ4n) is 3.09. The molecule has 0 spiro atoms. The third-order valence-electron chi connectivity index (χ3n) is 4.32. The molecule has 1 amide bonds. The highest BCUT2D eigenvalue weighted by Gasteiger charge is 2.32. The zero-order chi connectivity index (χ0) is 17.2. The lowest BCUT2D eigenvalue weighted by atomic mass is 10.1. The Morgan fingerprint density at radius 2 is 2.00 bits per heavy atom. The van der Waals surface area contributed by atoms with E-state index in [-0.39, 0.29) is 11.3 Å². The number of ether oxygens (including phenoxy) is 3. The number of carbonyl (C=O) groups is 1. The van der Waals surface area contributed by atoms with Crippen LogP contribution in [0.3, 0.4) is 0 Å². The molecule has 5 nitrogen and oxygen atoms in total. The van der Waals surface area contributed by atoms with Crippen LogP contribution in [0.1, 0.15) is 21.3 Å². The lowest BCUT2D eigenvalue weighted by Gasteiger charge is -2.26. The van der Waals surface area contributed by atoms with Gasteiger partial charge in [0.05, 0.1) is 7.11 Å². The molecule has 6 heteroatoms. The summed E-state index contributed by atoms with van der Waals surface area (Å²) in [7, 11) is 1.60. The summed E-state index contributed by atoms with van der Waals surface area (Å²) in [6.45, 7) is 1.85. The van der Waals surface area contributed by atoms with Gasteiger partial charge in [-0.25, -0.2) is 0 Å². The molecule has 0 unspecified atom stereocenters. The van der Waals surface area contributed by atoms with Crippen molar-refractivity contribution in [1.29, 1.82) is 0 Å². The number of benzene rings is 2. The van der Waals surface area contributed by atoms with Crippen LogP contribution in [0.15, 0.2) is 42.5 Å². The van der Waals surface area contributed by atoms with E-state index in [2.05, 4.69) is 0 Å². The van der Waals surface area contributed by atoms with E-state index in [9.17, 15) is 4.79 Å². The number of rotatable bonds is 3. The second-order valence-electron chi connectivity index (χ2n) is 5.86. The van der Waals surface area contributed by atoms with Crippen LogP contribution in [0.5, 0.6) is 17.2 Å². The van der Waals surface area contributed by atoms with Crippen LogP contribution in [-0.2, 0) is 0 Å². The minimum Gasteiger partial charge on any atom is -0.497 e. The third-order valence-corrected chi connectivity index (χ3v) is 5.58. The molecular formula is C19H19NO4S. The largest absolute Gasteiger partial charge is 0.497 e. The first-order chi connectivity index (χ1) is 12.3. The minimum atomic E-state index is -0.0190. The smallest absolute Gasteiger partial charge is 0.255 e. The number of nitrogens with zero attached hydrogens (tertiary/aromatic N) is 1. The van der Waals surface area contributed by atoms with E-state index < -0.39 is 0 Å². The van der Waals surface area contributed by atoms with Crippen LogP contribution < -0.4 is 14.2 Å². The number of thioether (sulfide) groups is 1.